The first-order valence-corrected chi connectivity index (χ1v) is 8.59. The average Bonchev–Trinajstić information content (AvgIpc) is 2.52. The van der Waals surface area contributed by atoms with Crippen LogP contribution in [0.4, 0.5) is 0 Å². The van der Waals surface area contributed by atoms with Gasteiger partial charge in [-0.05, 0) is 60.6 Å². The van der Waals surface area contributed by atoms with E-state index in [0.29, 0.717) is 11.5 Å². The van der Waals surface area contributed by atoms with Crippen LogP contribution in [0.1, 0.15) is 89.0 Å². The largest absolute Gasteiger partial charge is 0.366 e. The minimum Gasteiger partial charge on any atom is -0.366 e. The van der Waals surface area contributed by atoms with E-state index >= 15 is 0 Å². The van der Waals surface area contributed by atoms with Crippen LogP contribution in [0.5, 0.6) is 0 Å². The average molecular weight is 345 g/mol. The van der Waals surface area contributed by atoms with E-state index in [1.165, 1.54) is 12.1 Å². The third kappa shape index (κ3) is 4.00. The Morgan fingerprint density at radius 1 is 0.840 bits per heavy atom. The van der Waals surface area contributed by atoms with Crippen molar-refractivity contribution in [2.24, 2.45) is 28.5 Å². The monoisotopic (exact) mass is 345 g/mol. The molecule has 0 aliphatic heterocycles. The fourth-order valence-electron chi connectivity index (χ4n) is 3.89. The maximum Gasteiger partial charge on any atom is 0.249 e. The molecule has 1 fully saturated rings. The second-order valence-corrected chi connectivity index (χ2v) is 7.99. The maximum absolute atomic E-state index is 12.0. The van der Waals surface area contributed by atoms with E-state index in [1.807, 2.05) is 0 Å². The molecule has 6 heteroatoms. The van der Waals surface area contributed by atoms with Crippen LogP contribution < -0.4 is 17.2 Å². The first-order valence-electron chi connectivity index (χ1n) is 8.59. The highest BCUT2D eigenvalue weighted by Crippen LogP contribution is 2.44. The van der Waals surface area contributed by atoms with Crippen LogP contribution in [0.3, 0.4) is 0 Å². The summed E-state index contributed by atoms with van der Waals surface area (Å²) in [5.74, 6) is -1.49. The molecule has 0 radical (unpaired) electrons. The zero-order valence-corrected chi connectivity index (χ0v) is 15.1. The van der Waals surface area contributed by atoms with Crippen molar-refractivity contribution in [2.45, 2.75) is 52.4 Å². The van der Waals surface area contributed by atoms with Crippen LogP contribution in [-0.2, 0) is 0 Å². The molecular formula is C19H27N3O3. The lowest BCUT2D eigenvalue weighted by molar-refractivity contribution is 0.0995. The van der Waals surface area contributed by atoms with E-state index in [4.69, 9.17) is 17.2 Å². The lowest BCUT2D eigenvalue weighted by Crippen LogP contribution is -2.28. The van der Waals surface area contributed by atoms with E-state index in [0.717, 1.165) is 25.7 Å². The molecule has 0 spiro atoms. The van der Waals surface area contributed by atoms with Crippen LogP contribution >= 0.6 is 0 Å². The predicted molar refractivity (Wildman–Crippen MR) is 96.1 cm³/mol. The van der Waals surface area contributed by atoms with E-state index < -0.39 is 17.7 Å². The number of rotatable bonds is 4. The van der Waals surface area contributed by atoms with Gasteiger partial charge in [-0.25, -0.2) is 0 Å². The van der Waals surface area contributed by atoms with Gasteiger partial charge in [0.15, 0.2) is 0 Å². The van der Waals surface area contributed by atoms with Gasteiger partial charge >= 0.3 is 0 Å². The number of carbonyl (C=O) groups is 3. The van der Waals surface area contributed by atoms with Crippen molar-refractivity contribution < 1.29 is 14.4 Å². The molecule has 1 aromatic carbocycles. The zero-order valence-electron chi connectivity index (χ0n) is 15.1. The number of hydrogen-bond acceptors (Lipinski definition) is 3. The zero-order chi connectivity index (χ0) is 18.9. The van der Waals surface area contributed by atoms with Crippen molar-refractivity contribution >= 4 is 17.7 Å². The van der Waals surface area contributed by atoms with Crippen molar-refractivity contribution in [3.8, 4) is 0 Å². The van der Waals surface area contributed by atoms with Gasteiger partial charge < -0.3 is 17.2 Å². The quantitative estimate of drug-likeness (QED) is 0.774. The Bertz CT molecular complexity index is 676. The Labute approximate surface area is 148 Å². The summed E-state index contributed by atoms with van der Waals surface area (Å²) < 4.78 is 0. The van der Waals surface area contributed by atoms with Crippen molar-refractivity contribution in [2.75, 3.05) is 0 Å². The lowest BCUT2D eigenvalue weighted by atomic mass is 9.67. The summed E-state index contributed by atoms with van der Waals surface area (Å²) >= 11 is 0. The van der Waals surface area contributed by atoms with Gasteiger partial charge in [0.1, 0.15) is 0 Å². The van der Waals surface area contributed by atoms with Crippen LogP contribution in [0.2, 0.25) is 0 Å². The number of amides is 3. The molecule has 3 amide bonds. The smallest absolute Gasteiger partial charge is 0.249 e. The summed E-state index contributed by atoms with van der Waals surface area (Å²) in [6.45, 7) is 6.68. The van der Waals surface area contributed by atoms with Gasteiger partial charge in [0, 0.05) is 16.7 Å². The number of nitrogens with two attached hydrogens (primary N) is 3. The van der Waals surface area contributed by atoms with Gasteiger partial charge in [-0.1, -0.05) is 20.8 Å². The van der Waals surface area contributed by atoms with Gasteiger partial charge in [0.2, 0.25) is 17.7 Å². The molecule has 1 saturated carbocycles. The maximum atomic E-state index is 12.0. The number of primary amides is 3. The van der Waals surface area contributed by atoms with Crippen LogP contribution in [-0.4, -0.2) is 17.7 Å². The van der Waals surface area contributed by atoms with E-state index in [-0.39, 0.29) is 28.0 Å². The van der Waals surface area contributed by atoms with E-state index in [2.05, 4.69) is 20.8 Å². The Hall–Kier alpha value is -2.37. The first-order chi connectivity index (χ1) is 11.5. The summed E-state index contributed by atoms with van der Waals surface area (Å²) in [6.07, 6.45) is 3.70. The summed E-state index contributed by atoms with van der Waals surface area (Å²) in [4.78, 5) is 35.4. The van der Waals surface area contributed by atoms with Gasteiger partial charge in [0.05, 0.1) is 0 Å². The fraction of sp³-hybridized carbons (Fsp3) is 0.526. The van der Waals surface area contributed by atoms with E-state index in [9.17, 15) is 14.4 Å². The van der Waals surface area contributed by atoms with Crippen molar-refractivity contribution in [1.29, 1.82) is 0 Å². The van der Waals surface area contributed by atoms with Gasteiger partial charge in [0.25, 0.3) is 0 Å². The molecule has 0 bridgehead atoms. The highest BCUT2D eigenvalue weighted by atomic mass is 16.2. The Morgan fingerprint density at radius 2 is 1.28 bits per heavy atom. The van der Waals surface area contributed by atoms with E-state index in [1.54, 1.807) is 0 Å². The number of hydrogen-bond donors (Lipinski definition) is 3. The molecular weight excluding hydrogens is 318 g/mol. The Kier molecular flexibility index (Phi) is 5.20. The van der Waals surface area contributed by atoms with Crippen molar-refractivity contribution in [1.82, 2.24) is 0 Å². The second-order valence-electron chi connectivity index (χ2n) is 7.99. The Morgan fingerprint density at radius 3 is 1.60 bits per heavy atom. The fourth-order valence-corrected chi connectivity index (χ4v) is 3.89. The molecule has 1 aromatic rings. The number of benzene rings is 1. The third-order valence-electron chi connectivity index (χ3n) is 5.36. The Balaban J connectivity index is 2.48. The lowest BCUT2D eigenvalue weighted by Gasteiger charge is -2.37. The molecule has 0 saturated heterocycles. The topological polar surface area (TPSA) is 129 Å². The van der Waals surface area contributed by atoms with Gasteiger partial charge in [-0.3, -0.25) is 14.4 Å². The van der Waals surface area contributed by atoms with Gasteiger partial charge in [-0.2, -0.15) is 0 Å². The van der Waals surface area contributed by atoms with Crippen molar-refractivity contribution in [3.63, 3.8) is 0 Å². The molecule has 0 atom stereocenters. The highest BCUT2D eigenvalue weighted by Gasteiger charge is 2.33. The summed E-state index contributed by atoms with van der Waals surface area (Å²) in [6, 6.07) is 2.75. The predicted octanol–water partition coefficient (Wildman–Crippen LogP) is 2.30. The minimum absolute atomic E-state index is 0.0190. The van der Waals surface area contributed by atoms with Crippen LogP contribution in [0, 0.1) is 11.3 Å². The molecule has 6 nitrogen and oxygen atoms in total. The first kappa shape index (κ1) is 19.0. The number of carbonyl (C=O) groups excluding carboxylic acids is 3. The molecule has 136 valence electrons. The summed E-state index contributed by atoms with van der Waals surface area (Å²) in [7, 11) is 0. The SMILES string of the molecule is CC(C)(C)C1CCC(c2c(C(N)=O)cc(C(N)=O)cc2C(N)=O)CC1. The third-order valence-corrected chi connectivity index (χ3v) is 5.36. The summed E-state index contributed by atoms with van der Waals surface area (Å²) in [5, 5.41) is 0. The molecule has 0 unspecified atom stereocenters. The molecule has 1 aliphatic rings. The molecule has 6 N–H and O–H groups in total. The molecule has 0 heterocycles. The van der Waals surface area contributed by atoms with Crippen LogP contribution in [0.25, 0.3) is 0 Å². The standard InChI is InChI=1S/C19H27N3O3/c1-19(2,3)12-6-4-10(5-7-12)15-13(17(21)24)8-11(16(20)23)9-14(15)18(22)25/h8-10,12H,4-7H2,1-3H3,(H2,20,23)(H2,21,24)(H2,22,25). The minimum atomic E-state index is -0.729. The molecule has 1 aliphatic carbocycles. The molecule has 2 rings (SSSR count). The second kappa shape index (κ2) is 6.86. The highest BCUT2D eigenvalue weighted by molar-refractivity contribution is 6.05. The van der Waals surface area contributed by atoms with Gasteiger partial charge in [-0.15, -0.1) is 0 Å². The summed E-state index contributed by atoms with van der Waals surface area (Å²) in [5.41, 5.74) is 17.5. The van der Waals surface area contributed by atoms with Crippen LogP contribution in [0.15, 0.2) is 12.1 Å². The molecule has 25 heavy (non-hydrogen) atoms. The van der Waals surface area contributed by atoms with Crippen molar-refractivity contribution in [3.05, 3.63) is 34.4 Å². The molecule has 0 aromatic heterocycles. The normalized spacial score (nSPS) is 20.9.